The zero-order valence-electron chi connectivity index (χ0n) is 6.10. The summed E-state index contributed by atoms with van der Waals surface area (Å²) in [6.45, 7) is 3.86. The Bertz CT molecular complexity index is 153. The van der Waals surface area contributed by atoms with Crippen LogP contribution in [0, 0.1) is 5.92 Å². The number of amides is 1. The summed E-state index contributed by atoms with van der Waals surface area (Å²) in [5, 5.41) is 0. The van der Waals surface area contributed by atoms with Crippen molar-refractivity contribution < 1.29 is 4.79 Å². The lowest BCUT2D eigenvalue weighted by Crippen LogP contribution is -2.25. The van der Waals surface area contributed by atoms with Crippen LogP contribution in [-0.4, -0.2) is 5.91 Å². The molecule has 0 aromatic rings. The Morgan fingerprint density at radius 1 is 1.50 bits per heavy atom. The highest BCUT2D eigenvalue weighted by atomic mass is 16.1. The maximum absolute atomic E-state index is 10.7. The Morgan fingerprint density at radius 2 is 2.00 bits per heavy atom. The molecule has 0 spiro atoms. The van der Waals surface area contributed by atoms with E-state index in [-0.39, 0.29) is 11.8 Å². The van der Waals surface area contributed by atoms with E-state index >= 15 is 0 Å². The number of hydrogen-bond acceptors (Lipinski definition) is 1. The highest BCUT2D eigenvalue weighted by Gasteiger charge is 2.19. The Labute approximate surface area is 61.1 Å². The fourth-order valence-corrected chi connectivity index (χ4v) is 1.31. The highest BCUT2D eigenvalue weighted by molar-refractivity contribution is 5.76. The summed E-state index contributed by atoms with van der Waals surface area (Å²) in [6, 6.07) is 0. The molecule has 0 heterocycles. The van der Waals surface area contributed by atoms with Crippen LogP contribution >= 0.6 is 0 Å². The second-order valence-corrected chi connectivity index (χ2v) is 2.93. The van der Waals surface area contributed by atoms with Crippen molar-refractivity contribution in [2.24, 2.45) is 11.7 Å². The molecule has 1 saturated carbocycles. The van der Waals surface area contributed by atoms with Gasteiger partial charge in [0.15, 0.2) is 0 Å². The van der Waals surface area contributed by atoms with Gasteiger partial charge in [0.25, 0.3) is 0 Å². The summed E-state index contributed by atoms with van der Waals surface area (Å²) in [5.41, 5.74) is 6.41. The van der Waals surface area contributed by atoms with Crippen molar-refractivity contribution in [2.45, 2.75) is 25.7 Å². The molecule has 0 radical (unpaired) electrons. The zero-order chi connectivity index (χ0) is 7.56. The first-order chi connectivity index (χ1) is 4.70. The first kappa shape index (κ1) is 7.32. The van der Waals surface area contributed by atoms with Crippen LogP contribution < -0.4 is 5.73 Å². The fraction of sp³-hybridized carbons (Fsp3) is 0.625. The van der Waals surface area contributed by atoms with Crippen molar-refractivity contribution in [1.82, 2.24) is 0 Å². The van der Waals surface area contributed by atoms with Gasteiger partial charge in [-0.05, 0) is 25.7 Å². The minimum atomic E-state index is -0.146. The van der Waals surface area contributed by atoms with Gasteiger partial charge in [-0.1, -0.05) is 12.2 Å². The van der Waals surface area contributed by atoms with Crippen molar-refractivity contribution in [3.8, 4) is 0 Å². The van der Waals surface area contributed by atoms with Gasteiger partial charge in [0, 0.05) is 5.92 Å². The number of allylic oxidation sites excluding steroid dienone is 1. The Balaban J connectivity index is 2.40. The van der Waals surface area contributed by atoms with E-state index in [9.17, 15) is 4.79 Å². The molecule has 1 aliphatic rings. The minimum Gasteiger partial charge on any atom is -0.369 e. The second kappa shape index (κ2) is 2.86. The minimum absolute atomic E-state index is 0.116. The Hall–Kier alpha value is -0.790. The smallest absolute Gasteiger partial charge is 0.220 e. The molecule has 0 aromatic heterocycles. The number of carbonyl (C=O) groups is 1. The molecule has 1 amide bonds. The number of carbonyl (C=O) groups excluding carboxylic acids is 1. The van der Waals surface area contributed by atoms with Gasteiger partial charge in [0.05, 0.1) is 0 Å². The molecule has 0 aromatic carbocycles. The monoisotopic (exact) mass is 139 g/mol. The summed E-state index contributed by atoms with van der Waals surface area (Å²) in [5.74, 6) is -0.0296. The molecule has 2 nitrogen and oxygen atoms in total. The van der Waals surface area contributed by atoms with E-state index in [1.54, 1.807) is 0 Å². The van der Waals surface area contributed by atoms with Gasteiger partial charge in [0.1, 0.15) is 0 Å². The van der Waals surface area contributed by atoms with Gasteiger partial charge >= 0.3 is 0 Å². The molecule has 0 aliphatic heterocycles. The largest absolute Gasteiger partial charge is 0.369 e. The molecular weight excluding hydrogens is 126 g/mol. The lowest BCUT2D eigenvalue weighted by molar-refractivity contribution is -0.122. The van der Waals surface area contributed by atoms with Crippen LogP contribution in [0.3, 0.4) is 0 Å². The van der Waals surface area contributed by atoms with E-state index in [4.69, 9.17) is 5.73 Å². The zero-order valence-corrected chi connectivity index (χ0v) is 6.10. The third kappa shape index (κ3) is 1.59. The van der Waals surface area contributed by atoms with Crippen molar-refractivity contribution in [3.63, 3.8) is 0 Å². The fourth-order valence-electron chi connectivity index (χ4n) is 1.31. The van der Waals surface area contributed by atoms with Crippen LogP contribution in [0.5, 0.6) is 0 Å². The molecule has 2 N–H and O–H groups in total. The maximum atomic E-state index is 10.7. The number of nitrogens with two attached hydrogens (primary N) is 1. The van der Waals surface area contributed by atoms with E-state index < -0.39 is 0 Å². The van der Waals surface area contributed by atoms with E-state index in [0.717, 1.165) is 25.7 Å². The summed E-state index contributed by atoms with van der Waals surface area (Å²) in [6.07, 6.45) is 3.78. The predicted molar refractivity (Wildman–Crippen MR) is 40.3 cm³/mol. The van der Waals surface area contributed by atoms with E-state index in [1.807, 2.05) is 0 Å². The molecule has 0 bridgehead atoms. The molecule has 0 atom stereocenters. The average molecular weight is 139 g/mol. The van der Waals surface area contributed by atoms with Crippen LogP contribution in [-0.2, 0) is 4.79 Å². The molecule has 0 saturated heterocycles. The topological polar surface area (TPSA) is 43.1 Å². The summed E-state index contributed by atoms with van der Waals surface area (Å²) < 4.78 is 0. The Morgan fingerprint density at radius 3 is 2.40 bits per heavy atom. The maximum Gasteiger partial charge on any atom is 0.220 e. The van der Waals surface area contributed by atoms with Crippen molar-refractivity contribution in [2.75, 3.05) is 0 Å². The van der Waals surface area contributed by atoms with Gasteiger partial charge in [-0.3, -0.25) is 4.79 Å². The van der Waals surface area contributed by atoms with Crippen LogP contribution in [0.2, 0.25) is 0 Å². The van der Waals surface area contributed by atoms with Gasteiger partial charge in [-0.15, -0.1) is 0 Å². The van der Waals surface area contributed by atoms with Crippen molar-refractivity contribution in [3.05, 3.63) is 12.2 Å². The summed E-state index contributed by atoms with van der Waals surface area (Å²) in [4.78, 5) is 10.7. The number of rotatable bonds is 1. The third-order valence-corrected chi connectivity index (χ3v) is 2.10. The normalized spacial score (nSPS) is 21.0. The molecule has 1 aliphatic carbocycles. The number of primary amides is 1. The van der Waals surface area contributed by atoms with E-state index in [1.165, 1.54) is 5.57 Å². The van der Waals surface area contributed by atoms with Crippen molar-refractivity contribution in [1.29, 1.82) is 0 Å². The van der Waals surface area contributed by atoms with E-state index in [0.29, 0.717) is 0 Å². The van der Waals surface area contributed by atoms with Gasteiger partial charge < -0.3 is 5.73 Å². The number of hydrogen-bond donors (Lipinski definition) is 1. The highest BCUT2D eigenvalue weighted by Crippen LogP contribution is 2.26. The first-order valence-electron chi connectivity index (χ1n) is 3.66. The van der Waals surface area contributed by atoms with Crippen LogP contribution in [0.25, 0.3) is 0 Å². The van der Waals surface area contributed by atoms with Crippen LogP contribution in [0.15, 0.2) is 12.2 Å². The lowest BCUT2D eigenvalue weighted by Gasteiger charge is -2.19. The quantitative estimate of drug-likeness (QED) is 0.545. The summed E-state index contributed by atoms with van der Waals surface area (Å²) >= 11 is 0. The molecule has 1 fully saturated rings. The average Bonchev–Trinajstić information content (AvgIpc) is 1.88. The molecule has 10 heavy (non-hydrogen) atoms. The standard InChI is InChI=1S/C8H13NO/c1-6-2-4-7(5-3-6)8(9)10/h7H,1-5H2,(H2,9,10). The van der Waals surface area contributed by atoms with E-state index in [2.05, 4.69) is 6.58 Å². The predicted octanol–water partition coefficient (Wildman–Crippen LogP) is 1.22. The summed E-state index contributed by atoms with van der Waals surface area (Å²) in [7, 11) is 0. The SMILES string of the molecule is C=C1CCC(C(N)=O)CC1. The van der Waals surface area contributed by atoms with Gasteiger partial charge in [0.2, 0.25) is 5.91 Å². The lowest BCUT2D eigenvalue weighted by atomic mass is 9.86. The third-order valence-electron chi connectivity index (χ3n) is 2.10. The van der Waals surface area contributed by atoms with Crippen LogP contribution in [0.1, 0.15) is 25.7 Å². The van der Waals surface area contributed by atoms with Gasteiger partial charge in [-0.2, -0.15) is 0 Å². The van der Waals surface area contributed by atoms with Crippen molar-refractivity contribution >= 4 is 5.91 Å². The molecule has 1 rings (SSSR count). The molecular formula is C8H13NO. The van der Waals surface area contributed by atoms with Crippen LogP contribution in [0.4, 0.5) is 0 Å². The molecule has 2 heteroatoms. The van der Waals surface area contributed by atoms with Gasteiger partial charge in [-0.25, -0.2) is 0 Å². The molecule has 0 unspecified atom stereocenters. The Kier molecular flexibility index (Phi) is 2.10. The first-order valence-corrected chi connectivity index (χ1v) is 3.66. The second-order valence-electron chi connectivity index (χ2n) is 2.93. The molecule has 56 valence electrons.